The van der Waals surface area contributed by atoms with Gasteiger partial charge in [0.05, 0.1) is 11.4 Å². The molecule has 2 aromatic heterocycles. The Balaban J connectivity index is 0.000000569. The van der Waals surface area contributed by atoms with Gasteiger partial charge in [-0.2, -0.15) is 5.10 Å². The molecule has 0 bridgehead atoms. The number of fused-ring (bicyclic) bond motifs is 1. The topological polar surface area (TPSA) is 102 Å². The number of hydrogen-bond donors (Lipinski definition) is 2. The van der Waals surface area contributed by atoms with Gasteiger partial charge < -0.3 is 15.2 Å². The first-order valence-corrected chi connectivity index (χ1v) is 7.68. The van der Waals surface area contributed by atoms with E-state index in [9.17, 15) is 0 Å². The average molecular weight is 339 g/mol. The lowest BCUT2D eigenvalue weighted by Crippen LogP contribution is -2.01. The van der Waals surface area contributed by atoms with E-state index in [1.807, 2.05) is 30.3 Å². The van der Waals surface area contributed by atoms with Gasteiger partial charge in [-0.25, -0.2) is 14.6 Å². The third-order valence-corrected chi connectivity index (χ3v) is 3.63. The lowest BCUT2D eigenvalue weighted by atomic mass is 10.2. The van der Waals surface area contributed by atoms with Crippen molar-refractivity contribution in [3.05, 3.63) is 60.3 Å². The number of rotatable bonds is 4. The zero-order valence-corrected chi connectivity index (χ0v) is 13.4. The molecule has 3 heterocycles. The Labute approximate surface area is 144 Å². The Bertz CT molecular complexity index is 819. The number of nitrogens with one attached hydrogen (secondary N) is 1. The van der Waals surface area contributed by atoms with E-state index in [2.05, 4.69) is 26.4 Å². The number of carbonyl (C=O) groups is 1. The molecule has 8 nitrogen and oxygen atoms in total. The molecule has 25 heavy (non-hydrogen) atoms. The molecular weight excluding hydrogens is 322 g/mol. The molecule has 4 rings (SSSR count). The van der Waals surface area contributed by atoms with Crippen LogP contribution >= 0.6 is 0 Å². The summed E-state index contributed by atoms with van der Waals surface area (Å²) in [5.41, 5.74) is 3.15. The maximum atomic E-state index is 8.36. The predicted octanol–water partition coefficient (Wildman–Crippen LogP) is 1.91. The SMILES string of the molecule is O=CO.c1ncn(-c2ccc(OCc3ccc4c(n3)NCC4)cc2)n1. The van der Waals surface area contributed by atoms with Crippen LogP contribution in [-0.4, -0.2) is 37.9 Å². The number of benzene rings is 1. The van der Waals surface area contributed by atoms with E-state index in [0.29, 0.717) is 6.61 Å². The zero-order chi connectivity index (χ0) is 17.5. The van der Waals surface area contributed by atoms with Gasteiger partial charge in [-0.15, -0.1) is 0 Å². The van der Waals surface area contributed by atoms with Gasteiger partial charge in [-0.05, 0) is 42.3 Å². The highest BCUT2D eigenvalue weighted by molar-refractivity contribution is 5.49. The number of hydrogen-bond acceptors (Lipinski definition) is 6. The van der Waals surface area contributed by atoms with Crippen molar-refractivity contribution in [1.29, 1.82) is 0 Å². The summed E-state index contributed by atoms with van der Waals surface area (Å²) in [5.74, 6) is 1.79. The molecule has 0 spiro atoms. The molecule has 0 amide bonds. The average Bonchev–Trinajstić information content (AvgIpc) is 3.32. The van der Waals surface area contributed by atoms with Crippen LogP contribution in [0.15, 0.2) is 49.1 Å². The van der Waals surface area contributed by atoms with Crippen molar-refractivity contribution in [3.63, 3.8) is 0 Å². The van der Waals surface area contributed by atoms with E-state index in [-0.39, 0.29) is 6.47 Å². The van der Waals surface area contributed by atoms with Crippen LogP contribution in [-0.2, 0) is 17.8 Å². The van der Waals surface area contributed by atoms with Crippen molar-refractivity contribution < 1.29 is 14.6 Å². The fourth-order valence-corrected chi connectivity index (χ4v) is 2.47. The summed E-state index contributed by atoms with van der Waals surface area (Å²) >= 11 is 0. The fourth-order valence-electron chi connectivity index (χ4n) is 2.47. The second-order valence-corrected chi connectivity index (χ2v) is 5.22. The maximum absolute atomic E-state index is 8.36. The van der Waals surface area contributed by atoms with Crippen LogP contribution in [0.4, 0.5) is 5.82 Å². The Morgan fingerprint density at radius 2 is 2.04 bits per heavy atom. The molecule has 0 fully saturated rings. The summed E-state index contributed by atoms with van der Waals surface area (Å²) in [4.78, 5) is 16.9. The number of aromatic nitrogens is 4. The predicted molar refractivity (Wildman–Crippen MR) is 90.8 cm³/mol. The lowest BCUT2D eigenvalue weighted by Gasteiger charge is -2.08. The first-order valence-electron chi connectivity index (χ1n) is 7.68. The highest BCUT2D eigenvalue weighted by atomic mass is 16.5. The van der Waals surface area contributed by atoms with E-state index in [4.69, 9.17) is 14.6 Å². The first-order chi connectivity index (χ1) is 12.3. The molecule has 0 aliphatic carbocycles. The molecule has 1 aliphatic rings. The van der Waals surface area contributed by atoms with Crippen LogP contribution in [0.5, 0.6) is 5.75 Å². The minimum atomic E-state index is -0.250. The summed E-state index contributed by atoms with van der Waals surface area (Å²) in [6.07, 6.45) is 4.22. The number of anilines is 1. The van der Waals surface area contributed by atoms with Crippen molar-refractivity contribution >= 4 is 12.3 Å². The molecular formula is C17H17N5O3. The van der Waals surface area contributed by atoms with Gasteiger partial charge in [0.1, 0.15) is 30.8 Å². The second kappa shape index (κ2) is 7.91. The molecule has 2 N–H and O–H groups in total. The standard InChI is InChI=1S/C16H15N5O.CH2O2/c1-2-13(20-16-12(1)7-8-18-16)9-22-15-5-3-14(4-6-15)21-11-17-10-19-21;2-1-3/h1-6,10-11H,7-9H2,(H,18,20);1H,(H,2,3). The third-order valence-electron chi connectivity index (χ3n) is 3.63. The van der Waals surface area contributed by atoms with Gasteiger partial charge in [-0.1, -0.05) is 6.07 Å². The molecule has 0 unspecified atom stereocenters. The van der Waals surface area contributed by atoms with E-state index in [1.165, 1.54) is 11.9 Å². The number of ether oxygens (including phenoxy) is 1. The molecule has 1 aromatic carbocycles. The van der Waals surface area contributed by atoms with Gasteiger partial charge in [0, 0.05) is 6.54 Å². The van der Waals surface area contributed by atoms with Crippen LogP contribution in [0.3, 0.4) is 0 Å². The monoisotopic (exact) mass is 339 g/mol. The van der Waals surface area contributed by atoms with Gasteiger partial charge in [-0.3, -0.25) is 4.79 Å². The van der Waals surface area contributed by atoms with Crippen molar-refractivity contribution in [2.45, 2.75) is 13.0 Å². The quantitative estimate of drug-likeness (QED) is 0.700. The first kappa shape index (κ1) is 16.4. The van der Waals surface area contributed by atoms with Gasteiger partial charge in [0.15, 0.2) is 0 Å². The van der Waals surface area contributed by atoms with Gasteiger partial charge >= 0.3 is 0 Å². The third kappa shape index (κ3) is 4.11. The number of carboxylic acid groups (broad SMARTS) is 1. The highest BCUT2D eigenvalue weighted by Crippen LogP contribution is 2.21. The summed E-state index contributed by atoms with van der Waals surface area (Å²) in [7, 11) is 0. The van der Waals surface area contributed by atoms with Crippen LogP contribution < -0.4 is 10.1 Å². The summed E-state index contributed by atoms with van der Waals surface area (Å²) in [5, 5.41) is 14.3. The summed E-state index contributed by atoms with van der Waals surface area (Å²) in [6.45, 7) is 1.17. The molecule has 0 radical (unpaired) electrons. The van der Waals surface area contributed by atoms with E-state index >= 15 is 0 Å². The Morgan fingerprint density at radius 3 is 2.76 bits per heavy atom. The number of nitrogens with zero attached hydrogens (tertiary/aromatic N) is 4. The van der Waals surface area contributed by atoms with Crippen LogP contribution in [0.1, 0.15) is 11.3 Å². The number of pyridine rings is 1. The summed E-state index contributed by atoms with van der Waals surface area (Å²) in [6, 6.07) is 11.9. The van der Waals surface area contributed by atoms with Crippen molar-refractivity contribution in [2.24, 2.45) is 0 Å². The smallest absolute Gasteiger partial charge is 0.290 e. The zero-order valence-electron chi connectivity index (χ0n) is 13.4. The van der Waals surface area contributed by atoms with E-state index in [0.717, 1.165) is 35.9 Å². The Morgan fingerprint density at radius 1 is 1.24 bits per heavy atom. The van der Waals surface area contributed by atoms with Gasteiger partial charge in [0.25, 0.3) is 6.47 Å². The summed E-state index contributed by atoms with van der Waals surface area (Å²) < 4.78 is 7.49. The minimum absolute atomic E-state index is 0.250. The fraction of sp³-hybridized carbons (Fsp3) is 0.176. The molecule has 128 valence electrons. The molecule has 3 aromatic rings. The molecule has 8 heteroatoms. The Hall–Kier alpha value is -3.42. The van der Waals surface area contributed by atoms with Crippen molar-refractivity contribution in [1.82, 2.24) is 19.7 Å². The minimum Gasteiger partial charge on any atom is -0.487 e. The molecule has 0 atom stereocenters. The molecule has 0 saturated heterocycles. The van der Waals surface area contributed by atoms with Crippen LogP contribution in [0, 0.1) is 0 Å². The normalized spacial score (nSPS) is 11.7. The second-order valence-electron chi connectivity index (χ2n) is 5.22. The van der Waals surface area contributed by atoms with E-state index < -0.39 is 0 Å². The molecule has 1 aliphatic heterocycles. The van der Waals surface area contributed by atoms with Crippen LogP contribution in [0.2, 0.25) is 0 Å². The highest BCUT2D eigenvalue weighted by Gasteiger charge is 2.11. The lowest BCUT2D eigenvalue weighted by molar-refractivity contribution is -0.122. The Kier molecular flexibility index (Phi) is 5.20. The largest absolute Gasteiger partial charge is 0.487 e. The van der Waals surface area contributed by atoms with Gasteiger partial charge in [0.2, 0.25) is 0 Å². The van der Waals surface area contributed by atoms with Crippen molar-refractivity contribution in [3.8, 4) is 11.4 Å². The van der Waals surface area contributed by atoms with Crippen molar-refractivity contribution in [2.75, 3.05) is 11.9 Å². The maximum Gasteiger partial charge on any atom is 0.290 e. The van der Waals surface area contributed by atoms with Crippen LogP contribution in [0.25, 0.3) is 5.69 Å². The van der Waals surface area contributed by atoms with E-state index in [1.54, 1.807) is 11.0 Å². The molecule has 0 saturated carbocycles.